The van der Waals surface area contributed by atoms with Crippen LogP contribution in [0.15, 0.2) is 24.3 Å². The third kappa shape index (κ3) is 2.64. The first kappa shape index (κ1) is 13.3. The average molecular weight is 245 g/mol. The molecule has 0 spiro atoms. The summed E-state index contributed by atoms with van der Waals surface area (Å²) in [6.45, 7) is 2.65. The first-order valence-corrected chi connectivity index (χ1v) is 7.01. The van der Waals surface area contributed by atoms with Crippen LogP contribution in [0.1, 0.15) is 43.7 Å². The highest BCUT2D eigenvalue weighted by atomic mass is 16.1. The van der Waals surface area contributed by atoms with Gasteiger partial charge in [-0.3, -0.25) is 4.79 Å². The molecule has 0 unspecified atom stereocenters. The Labute approximate surface area is 110 Å². The highest BCUT2D eigenvalue weighted by molar-refractivity contribution is 5.87. The Morgan fingerprint density at radius 3 is 2.22 bits per heavy atom. The molecule has 0 aromatic heterocycles. The fourth-order valence-corrected chi connectivity index (χ4v) is 2.91. The van der Waals surface area contributed by atoms with E-state index in [1.165, 1.54) is 5.56 Å². The van der Waals surface area contributed by atoms with Crippen LogP contribution in [-0.2, 0) is 17.6 Å². The van der Waals surface area contributed by atoms with Gasteiger partial charge in [-0.2, -0.15) is 0 Å². The number of hydrogen-bond donors (Lipinski definition) is 1. The van der Waals surface area contributed by atoms with Gasteiger partial charge in [-0.1, -0.05) is 44.0 Å². The van der Waals surface area contributed by atoms with E-state index in [0.717, 1.165) is 37.7 Å². The van der Waals surface area contributed by atoms with Crippen LogP contribution in [0, 0.1) is 5.41 Å². The Balaban J connectivity index is 2.05. The van der Waals surface area contributed by atoms with E-state index in [0.29, 0.717) is 18.7 Å². The fraction of sp³-hybridized carbons (Fsp3) is 0.562. The number of nitrogens with two attached hydrogens (primary N) is 1. The Morgan fingerprint density at radius 2 is 1.72 bits per heavy atom. The van der Waals surface area contributed by atoms with E-state index in [9.17, 15) is 4.79 Å². The largest absolute Gasteiger partial charge is 0.329 e. The molecule has 1 saturated carbocycles. The number of ketones is 1. The van der Waals surface area contributed by atoms with Crippen molar-refractivity contribution >= 4 is 5.78 Å². The van der Waals surface area contributed by atoms with Crippen molar-refractivity contribution in [1.29, 1.82) is 0 Å². The molecule has 0 amide bonds. The van der Waals surface area contributed by atoms with Crippen LogP contribution in [0.25, 0.3) is 0 Å². The third-order valence-corrected chi connectivity index (χ3v) is 4.34. The van der Waals surface area contributed by atoms with Gasteiger partial charge in [0, 0.05) is 18.4 Å². The number of aryl methyl sites for hydroxylation is 1. The number of carbonyl (C=O) groups is 1. The molecule has 0 saturated heterocycles. The molecule has 1 aliphatic carbocycles. The second-order valence-corrected chi connectivity index (χ2v) is 5.46. The van der Waals surface area contributed by atoms with E-state index >= 15 is 0 Å². The Morgan fingerprint density at radius 1 is 1.17 bits per heavy atom. The topological polar surface area (TPSA) is 43.1 Å². The van der Waals surface area contributed by atoms with Gasteiger partial charge in [0.15, 0.2) is 0 Å². The first-order valence-electron chi connectivity index (χ1n) is 7.01. The van der Waals surface area contributed by atoms with E-state index in [2.05, 4.69) is 31.2 Å². The molecule has 1 aromatic carbocycles. The molecular weight excluding hydrogens is 222 g/mol. The van der Waals surface area contributed by atoms with Crippen molar-refractivity contribution in [2.45, 2.75) is 45.4 Å². The maximum absolute atomic E-state index is 12.4. The summed E-state index contributed by atoms with van der Waals surface area (Å²) in [5, 5.41) is 0. The molecule has 2 N–H and O–H groups in total. The zero-order valence-electron chi connectivity index (χ0n) is 11.2. The van der Waals surface area contributed by atoms with Crippen LogP contribution in [0.5, 0.6) is 0 Å². The van der Waals surface area contributed by atoms with Gasteiger partial charge >= 0.3 is 0 Å². The minimum absolute atomic E-state index is 0.219. The summed E-state index contributed by atoms with van der Waals surface area (Å²) in [4.78, 5) is 12.4. The number of Topliss-reactive ketones (excluding diaryl/α,β-unsaturated/α-hetero) is 1. The standard InChI is InChI=1S/C16H23NO/c1-2-13-5-7-14(8-6-13)11-15(18)16(12-17)9-3-4-10-16/h5-8H,2-4,9-12,17H2,1H3. The Kier molecular flexibility index (Phi) is 4.18. The summed E-state index contributed by atoms with van der Waals surface area (Å²) < 4.78 is 0. The normalized spacial score (nSPS) is 17.9. The molecule has 18 heavy (non-hydrogen) atoms. The van der Waals surface area contributed by atoms with Gasteiger partial charge < -0.3 is 5.73 Å². The first-order chi connectivity index (χ1) is 8.70. The molecule has 1 aromatic rings. The summed E-state index contributed by atoms with van der Waals surface area (Å²) in [6, 6.07) is 8.39. The lowest BCUT2D eigenvalue weighted by Crippen LogP contribution is -2.37. The van der Waals surface area contributed by atoms with Gasteiger partial charge in [-0.15, -0.1) is 0 Å². The van der Waals surface area contributed by atoms with Crippen molar-refractivity contribution in [2.75, 3.05) is 6.54 Å². The van der Waals surface area contributed by atoms with E-state index in [-0.39, 0.29) is 5.41 Å². The SMILES string of the molecule is CCc1ccc(CC(=O)C2(CN)CCCC2)cc1. The van der Waals surface area contributed by atoms with Crippen molar-refractivity contribution in [3.05, 3.63) is 35.4 Å². The van der Waals surface area contributed by atoms with Gasteiger partial charge in [0.25, 0.3) is 0 Å². The van der Waals surface area contributed by atoms with Crippen LogP contribution in [0.2, 0.25) is 0 Å². The zero-order valence-corrected chi connectivity index (χ0v) is 11.2. The quantitative estimate of drug-likeness (QED) is 0.866. The molecule has 2 rings (SSSR count). The molecule has 0 atom stereocenters. The zero-order chi connectivity index (χ0) is 13.0. The molecule has 0 aliphatic heterocycles. The lowest BCUT2D eigenvalue weighted by atomic mass is 9.79. The monoisotopic (exact) mass is 245 g/mol. The van der Waals surface area contributed by atoms with Gasteiger partial charge in [-0.05, 0) is 30.4 Å². The highest BCUT2D eigenvalue weighted by Gasteiger charge is 2.38. The van der Waals surface area contributed by atoms with Gasteiger partial charge in [0.2, 0.25) is 0 Å². The van der Waals surface area contributed by atoms with E-state index in [4.69, 9.17) is 5.73 Å². The fourth-order valence-electron chi connectivity index (χ4n) is 2.91. The Bertz CT molecular complexity index is 402. The van der Waals surface area contributed by atoms with E-state index in [1.54, 1.807) is 0 Å². The van der Waals surface area contributed by atoms with Gasteiger partial charge in [0.05, 0.1) is 0 Å². The smallest absolute Gasteiger partial charge is 0.144 e. The lowest BCUT2D eigenvalue weighted by molar-refractivity contribution is -0.127. The molecule has 0 bridgehead atoms. The van der Waals surface area contributed by atoms with Crippen LogP contribution in [0.3, 0.4) is 0 Å². The van der Waals surface area contributed by atoms with E-state index in [1.807, 2.05) is 0 Å². The summed E-state index contributed by atoms with van der Waals surface area (Å²) >= 11 is 0. The average Bonchev–Trinajstić information content (AvgIpc) is 2.89. The van der Waals surface area contributed by atoms with Crippen molar-refractivity contribution in [3.63, 3.8) is 0 Å². The molecular formula is C16H23NO. The Hall–Kier alpha value is -1.15. The second-order valence-electron chi connectivity index (χ2n) is 5.46. The van der Waals surface area contributed by atoms with Gasteiger partial charge in [0.1, 0.15) is 5.78 Å². The summed E-state index contributed by atoms with van der Waals surface area (Å²) in [5.41, 5.74) is 8.07. The number of carbonyl (C=O) groups excluding carboxylic acids is 1. The molecule has 2 heteroatoms. The van der Waals surface area contributed by atoms with Crippen molar-refractivity contribution < 1.29 is 4.79 Å². The van der Waals surface area contributed by atoms with Gasteiger partial charge in [-0.25, -0.2) is 0 Å². The van der Waals surface area contributed by atoms with Crippen LogP contribution in [-0.4, -0.2) is 12.3 Å². The second kappa shape index (κ2) is 5.66. The summed E-state index contributed by atoms with van der Waals surface area (Å²) in [5.74, 6) is 0.340. The molecule has 1 fully saturated rings. The highest BCUT2D eigenvalue weighted by Crippen LogP contribution is 2.38. The van der Waals surface area contributed by atoms with Crippen molar-refractivity contribution in [3.8, 4) is 0 Å². The predicted octanol–water partition coefficient (Wildman–Crippen LogP) is 2.88. The maximum Gasteiger partial charge on any atom is 0.144 e. The maximum atomic E-state index is 12.4. The molecule has 98 valence electrons. The minimum Gasteiger partial charge on any atom is -0.329 e. The van der Waals surface area contributed by atoms with Crippen molar-refractivity contribution in [2.24, 2.45) is 11.1 Å². The van der Waals surface area contributed by atoms with Crippen LogP contribution >= 0.6 is 0 Å². The molecule has 0 radical (unpaired) electrons. The predicted molar refractivity (Wildman–Crippen MR) is 74.5 cm³/mol. The third-order valence-electron chi connectivity index (χ3n) is 4.34. The van der Waals surface area contributed by atoms with Crippen LogP contribution in [0.4, 0.5) is 0 Å². The van der Waals surface area contributed by atoms with Crippen molar-refractivity contribution in [1.82, 2.24) is 0 Å². The summed E-state index contributed by atoms with van der Waals surface area (Å²) in [6.07, 6.45) is 5.85. The van der Waals surface area contributed by atoms with Crippen LogP contribution < -0.4 is 5.73 Å². The molecule has 1 aliphatic rings. The number of hydrogen-bond acceptors (Lipinski definition) is 2. The molecule has 0 heterocycles. The number of benzene rings is 1. The minimum atomic E-state index is -0.219. The summed E-state index contributed by atoms with van der Waals surface area (Å²) in [7, 11) is 0. The lowest BCUT2D eigenvalue weighted by Gasteiger charge is -2.25. The number of rotatable bonds is 5. The van der Waals surface area contributed by atoms with E-state index < -0.39 is 0 Å². The molecule has 2 nitrogen and oxygen atoms in total.